The summed E-state index contributed by atoms with van der Waals surface area (Å²) in [6.07, 6.45) is 14.0. The van der Waals surface area contributed by atoms with Gasteiger partial charge >= 0.3 is 0 Å². The van der Waals surface area contributed by atoms with E-state index < -0.39 is 5.91 Å². The Morgan fingerprint density at radius 2 is 1.89 bits per heavy atom. The highest BCUT2D eigenvalue weighted by molar-refractivity contribution is 5.90. The molecule has 6 nitrogen and oxygen atoms in total. The monoisotopic (exact) mass is 416 g/mol. The zero-order valence-electron chi connectivity index (χ0n) is 15.5. The fourth-order valence-corrected chi connectivity index (χ4v) is 3.87. The Labute approximate surface area is 173 Å². The van der Waals surface area contributed by atoms with Crippen molar-refractivity contribution >= 4 is 42.6 Å². The number of nitrogens with zero attached hydrogens (tertiary/aromatic N) is 2. The van der Waals surface area contributed by atoms with Crippen LogP contribution in [0.2, 0.25) is 0 Å². The van der Waals surface area contributed by atoms with Gasteiger partial charge in [-0.15, -0.1) is 24.8 Å². The second kappa shape index (κ2) is 12.2. The van der Waals surface area contributed by atoms with E-state index in [0.717, 1.165) is 30.4 Å². The maximum absolute atomic E-state index is 11.0. The van der Waals surface area contributed by atoms with Gasteiger partial charge in [0.25, 0.3) is 5.91 Å². The first-order chi connectivity index (χ1) is 12.2. The number of nitrogens with one attached hydrogen (secondary N) is 2. The van der Waals surface area contributed by atoms with Gasteiger partial charge in [0.2, 0.25) is 0 Å². The van der Waals surface area contributed by atoms with Crippen molar-refractivity contribution in [3.05, 3.63) is 30.0 Å². The minimum Gasteiger partial charge on any atom is -0.366 e. The van der Waals surface area contributed by atoms with E-state index in [-0.39, 0.29) is 24.8 Å². The second-order valence-corrected chi connectivity index (χ2v) is 7.06. The molecule has 1 saturated carbocycles. The van der Waals surface area contributed by atoms with Crippen LogP contribution in [-0.2, 0) is 4.79 Å². The summed E-state index contributed by atoms with van der Waals surface area (Å²) < 4.78 is 0. The lowest BCUT2D eigenvalue weighted by Crippen LogP contribution is -2.35. The zero-order valence-corrected chi connectivity index (χ0v) is 17.1. The molecule has 3 N–H and O–H groups in total. The third-order valence-corrected chi connectivity index (χ3v) is 5.24. The van der Waals surface area contributed by atoms with E-state index in [1.165, 1.54) is 51.1 Å². The molecule has 0 aromatic carbocycles. The molecule has 2 fully saturated rings. The Morgan fingerprint density at radius 3 is 2.52 bits per heavy atom. The molecule has 152 valence electrons. The molecule has 0 spiro atoms. The van der Waals surface area contributed by atoms with E-state index in [1.54, 1.807) is 17.8 Å². The SMILES string of the molecule is Cl.Cl.O=C(C=Cc1ccc(N[C@@H]2CCN(C3CCCCCC3)C2)nc1)NO. The topological polar surface area (TPSA) is 77.5 Å². The first kappa shape index (κ1) is 23.7. The third-order valence-electron chi connectivity index (χ3n) is 5.24. The maximum atomic E-state index is 11.0. The summed E-state index contributed by atoms with van der Waals surface area (Å²) in [5.74, 6) is 0.322. The molecule has 1 aromatic heterocycles. The zero-order chi connectivity index (χ0) is 17.5. The Bertz CT molecular complexity index is 590. The van der Waals surface area contributed by atoms with Crippen LogP contribution in [0.1, 0.15) is 50.5 Å². The van der Waals surface area contributed by atoms with Crippen molar-refractivity contribution < 1.29 is 10.0 Å². The minimum atomic E-state index is -0.549. The van der Waals surface area contributed by atoms with Crippen molar-refractivity contribution in [3.63, 3.8) is 0 Å². The van der Waals surface area contributed by atoms with E-state index in [9.17, 15) is 4.79 Å². The fraction of sp³-hybridized carbons (Fsp3) is 0.579. The van der Waals surface area contributed by atoms with Gasteiger partial charge in [0.1, 0.15) is 5.82 Å². The normalized spacial score (nSPS) is 21.1. The molecular weight excluding hydrogens is 387 g/mol. The standard InChI is InChI=1S/C19H28N4O2.2ClH/c24-19(22-25)10-8-15-7-9-18(20-13-15)21-16-11-12-23(14-16)17-5-3-1-2-4-6-17;;/h7-10,13,16-17,25H,1-6,11-12,14H2,(H,20,21)(H,22,24);2*1H/t16-;;/m1../s1. The van der Waals surface area contributed by atoms with Crippen LogP contribution in [0.5, 0.6) is 0 Å². The molecule has 2 heterocycles. The van der Waals surface area contributed by atoms with Gasteiger partial charge in [-0.05, 0) is 43.0 Å². The predicted octanol–water partition coefficient (Wildman–Crippen LogP) is 3.65. The van der Waals surface area contributed by atoms with Gasteiger partial charge < -0.3 is 5.32 Å². The van der Waals surface area contributed by atoms with E-state index >= 15 is 0 Å². The summed E-state index contributed by atoms with van der Waals surface area (Å²) in [5.41, 5.74) is 2.39. The van der Waals surface area contributed by atoms with Gasteiger partial charge in [0.05, 0.1) is 0 Å². The number of carbonyl (C=O) groups excluding carboxylic acids is 1. The number of pyridine rings is 1. The summed E-state index contributed by atoms with van der Waals surface area (Å²) in [6.45, 7) is 2.28. The van der Waals surface area contributed by atoms with E-state index in [0.29, 0.717) is 6.04 Å². The molecule has 27 heavy (non-hydrogen) atoms. The number of likely N-dealkylation sites (tertiary alicyclic amines) is 1. The largest absolute Gasteiger partial charge is 0.366 e. The Kier molecular flexibility index (Phi) is 10.7. The fourth-order valence-electron chi connectivity index (χ4n) is 3.87. The van der Waals surface area contributed by atoms with Gasteiger partial charge in [-0.25, -0.2) is 10.5 Å². The second-order valence-electron chi connectivity index (χ2n) is 7.06. The van der Waals surface area contributed by atoms with Gasteiger partial charge in [-0.2, -0.15) is 0 Å². The van der Waals surface area contributed by atoms with Crippen LogP contribution in [0, 0.1) is 0 Å². The van der Waals surface area contributed by atoms with Gasteiger partial charge in [-0.3, -0.25) is 14.9 Å². The molecular formula is C19H30Cl2N4O2. The van der Waals surface area contributed by atoms with Gasteiger partial charge in [0, 0.05) is 37.4 Å². The number of carbonyl (C=O) groups is 1. The summed E-state index contributed by atoms with van der Waals surface area (Å²) in [6, 6.07) is 5.07. The number of anilines is 1. The minimum absolute atomic E-state index is 0. The molecule has 0 bridgehead atoms. The average Bonchev–Trinajstić information content (AvgIpc) is 2.93. The summed E-state index contributed by atoms with van der Waals surface area (Å²) in [7, 11) is 0. The number of hydrogen-bond acceptors (Lipinski definition) is 5. The Hall–Kier alpha value is -1.34. The number of hydrogen-bond donors (Lipinski definition) is 3. The lowest BCUT2D eigenvalue weighted by atomic mass is 10.1. The van der Waals surface area contributed by atoms with Crippen LogP contribution in [0.3, 0.4) is 0 Å². The van der Waals surface area contributed by atoms with Crippen LogP contribution >= 0.6 is 24.8 Å². The molecule has 3 rings (SSSR count). The maximum Gasteiger partial charge on any atom is 0.267 e. The van der Waals surface area contributed by atoms with Gasteiger partial charge in [0.15, 0.2) is 0 Å². The Morgan fingerprint density at radius 1 is 1.15 bits per heavy atom. The average molecular weight is 417 g/mol. The number of amides is 1. The van der Waals surface area contributed by atoms with Crippen LogP contribution in [0.4, 0.5) is 5.82 Å². The quantitative estimate of drug-likeness (QED) is 0.295. The van der Waals surface area contributed by atoms with Crippen LogP contribution in [-0.4, -0.2) is 46.2 Å². The molecule has 0 radical (unpaired) electrons. The van der Waals surface area contributed by atoms with Crippen molar-refractivity contribution in [2.24, 2.45) is 0 Å². The molecule has 1 aliphatic heterocycles. The van der Waals surface area contributed by atoms with E-state index in [1.807, 2.05) is 12.1 Å². The van der Waals surface area contributed by atoms with Crippen LogP contribution < -0.4 is 10.8 Å². The number of halogens is 2. The van der Waals surface area contributed by atoms with Crippen molar-refractivity contribution in [1.29, 1.82) is 0 Å². The molecule has 2 aliphatic rings. The number of hydroxylamine groups is 1. The Balaban J connectivity index is 0.00000182. The molecule has 1 amide bonds. The highest BCUT2D eigenvalue weighted by atomic mass is 35.5. The van der Waals surface area contributed by atoms with Crippen LogP contribution in [0.15, 0.2) is 24.4 Å². The number of aromatic nitrogens is 1. The molecule has 8 heteroatoms. The molecule has 0 unspecified atom stereocenters. The van der Waals surface area contributed by atoms with Crippen LogP contribution in [0.25, 0.3) is 6.08 Å². The molecule has 1 saturated heterocycles. The van der Waals surface area contributed by atoms with E-state index in [2.05, 4.69) is 15.2 Å². The lowest BCUT2D eigenvalue weighted by molar-refractivity contribution is -0.124. The third kappa shape index (κ3) is 7.30. The van der Waals surface area contributed by atoms with E-state index in [4.69, 9.17) is 5.21 Å². The lowest BCUT2D eigenvalue weighted by Gasteiger charge is -2.26. The summed E-state index contributed by atoms with van der Waals surface area (Å²) in [5, 5.41) is 12.0. The van der Waals surface area contributed by atoms with Crippen molar-refractivity contribution in [3.8, 4) is 0 Å². The van der Waals surface area contributed by atoms with Crippen molar-refractivity contribution in [2.45, 2.75) is 57.0 Å². The first-order valence-corrected chi connectivity index (χ1v) is 9.33. The number of rotatable bonds is 5. The molecule has 1 atom stereocenters. The molecule has 1 aliphatic carbocycles. The van der Waals surface area contributed by atoms with Crippen molar-refractivity contribution in [2.75, 3.05) is 18.4 Å². The first-order valence-electron chi connectivity index (χ1n) is 9.33. The predicted molar refractivity (Wildman–Crippen MR) is 113 cm³/mol. The summed E-state index contributed by atoms with van der Waals surface area (Å²) >= 11 is 0. The highest BCUT2D eigenvalue weighted by Gasteiger charge is 2.28. The highest BCUT2D eigenvalue weighted by Crippen LogP contribution is 2.26. The van der Waals surface area contributed by atoms with Crippen molar-refractivity contribution in [1.82, 2.24) is 15.4 Å². The summed E-state index contributed by atoms with van der Waals surface area (Å²) in [4.78, 5) is 18.1. The van der Waals surface area contributed by atoms with Gasteiger partial charge in [-0.1, -0.05) is 25.7 Å². The smallest absolute Gasteiger partial charge is 0.267 e. The molecule has 1 aromatic rings.